The van der Waals surface area contributed by atoms with Crippen LogP contribution in [0.2, 0.25) is 0 Å². The molecule has 3 nitrogen and oxygen atoms in total. The van der Waals surface area contributed by atoms with Crippen molar-refractivity contribution in [2.45, 2.75) is 18.8 Å². The predicted octanol–water partition coefficient (Wildman–Crippen LogP) is 2.54. The lowest BCUT2D eigenvalue weighted by Crippen LogP contribution is -2.28. The third-order valence-electron chi connectivity index (χ3n) is 3.16. The molecule has 1 aliphatic heterocycles. The SMILES string of the molecule is COC(=O)c1ccc([C@H]2CCCNC2)c(I)c1. The zero-order chi connectivity index (χ0) is 12.3. The number of piperidine rings is 1. The Kier molecular flexibility index (Phi) is 4.39. The van der Waals surface area contributed by atoms with Gasteiger partial charge in [0, 0.05) is 10.1 Å². The first kappa shape index (κ1) is 12.8. The van der Waals surface area contributed by atoms with Crippen LogP contribution in [-0.4, -0.2) is 26.2 Å². The second-order valence-electron chi connectivity index (χ2n) is 4.27. The van der Waals surface area contributed by atoms with Crippen LogP contribution in [0.3, 0.4) is 0 Å². The van der Waals surface area contributed by atoms with Crippen molar-refractivity contribution in [3.8, 4) is 0 Å². The number of nitrogens with one attached hydrogen (secondary N) is 1. The molecule has 2 rings (SSSR count). The summed E-state index contributed by atoms with van der Waals surface area (Å²) in [6.45, 7) is 2.15. The molecule has 1 heterocycles. The highest BCUT2D eigenvalue weighted by Crippen LogP contribution is 2.28. The van der Waals surface area contributed by atoms with Gasteiger partial charge in [-0.05, 0) is 65.6 Å². The molecule has 0 aliphatic carbocycles. The quantitative estimate of drug-likeness (QED) is 0.661. The number of hydrogen-bond donors (Lipinski definition) is 1. The van der Waals surface area contributed by atoms with Crippen LogP contribution < -0.4 is 5.32 Å². The Morgan fingerprint density at radius 3 is 2.94 bits per heavy atom. The van der Waals surface area contributed by atoms with Crippen molar-refractivity contribution < 1.29 is 9.53 Å². The third-order valence-corrected chi connectivity index (χ3v) is 4.09. The van der Waals surface area contributed by atoms with Gasteiger partial charge >= 0.3 is 5.97 Å². The number of carbonyl (C=O) groups excluding carboxylic acids is 1. The number of methoxy groups -OCH3 is 1. The van der Waals surface area contributed by atoms with E-state index >= 15 is 0 Å². The van der Waals surface area contributed by atoms with Gasteiger partial charge in [0.25, 0.3) is 0 Å². The summed E-state index contributed by atoms with van der Waals surface area (Å²) in [7, 11) is 1.41. The van der Waals surface area contributed by atoms with E-state index in [0.29, 0.717) is 11.5 Å². The average molecular weight is 345 g/mol. The summed E-state index contributed by atoms with van der Waals surface area (Å²) in [6, 6.07) is 5.83. The summed E-state index contributed by atoms with van der Waals surface area (Å²) in [6.07, 6.45) is 2.44. The molecule has 0 spiro atoms. The van der Waals surface area contributed by atoms with Crippen molar-refractivity contribution in [2.24, 2.45) is 0 Å². The van der Waals surface area contributed by atoms with Gasteiger partial charge in [0.1, 0.15) is 0 Å². The molecule has 1 saturated heterocycles. The fourth-order valence-corrected chi connectivity index (χ4v) is 3.18. The Morgan fingerprint density at radius 1 is 1.53 bits per heavy atom. The van der Waals surface area contributed by atoms with Gasteiger partial charge in [-0.2, -0.15) is 0 Å². The van der Waals surface area contributed by atoms with Crippen molar-refractivity contribution in [3.05, 3.63) is 32.9 Å². The average Bonchev–Trinajstić information content (AvgIpc) is 2.38. The molecule has 1 N–H and O–H groups in total. The van der Waals surface area contributed by atoms with E-state index in [0.717, 1.165) is 16.7 Å². The summed E-state index contributed by atoms with van der Waals surface area (Å²) in [4.78, 5) is 11.4. The minimum atomic E-state index is -0.267. The Morgan fingerprint density at radius 2 is 2.35 bits per heavy atom. The Balaban J connectivity index is 2.21. The number of benzene rings is 1. The van der Waals surface area contributed by atoms with Gasteiger partial charge in [0.2, 0.25) is 0 Å². The maximum absolute atomic E-state index is 11.4. The molecule has 0 radical (unpaired) electrons. The van der Waals surface area contributed by atoms with Gasteiger partial charge in [-0.25, -0.2) is 4.79 Å². The van der Waals surface area contributed by atoms with Crippen molar-refractivity contribution >= 4 is 28.6 Å². The molecule has 0 unspecified atom stereocenters. The van der Waals surface area contributed by atoms with E-state index in [1.807, 2.05) is 12.1 Å². The molecular formula is C13H16INO2. The fraction of sp³-hybridized carbons (Fsp3) is 0.462. The second-order valence-corrected chi connectivity index (χ2v) is 5.43. The van der Waals surface area contributed by atoms with Crippen molar-refractivity contribution in [1.82, 2.24) is 5.32 Å². The molecule has 0 saturated carbocycles. The summed E-state index contributed by atoms with van der Waals surface area (Å²) in [5.74, 6) is 0.304. The molecular weight excluding hydrogens is 329 g/mol. The lowest BCUT2D eigenvalue weighted by Gasteiger charge is -2.24. The molecule has 92 valence electrons. The van der Waals surface area contributed by atoms with E-state index < -0.39 is 0 Å². The van der Waals surface area contributed by atoms with E-state index in [2.05, 4.69) is 34.0 Å². The monoisotopic (exact) mass is 345 g/mol. The molecule has 1 fully saturated rings. The Labute approximate surface area is 115 Å². The molecule has 1 aromatic carbocycles. The van der Waals surface area contributed by atoms with Gasteiger partial charge < -0.3 is 10.1 Å². The van der Waals surface area contributed by atoms with Gasteiger partial charge in [0.05, 0.1) is 12.7 Å². The van der Waals surface area contributed by atoms with Gasteiger partial charge in [-0.1, -0.05) is 6.07 Å². The smallest absolute Gasteiger partial charge is 0.337 e. The van der Waals surface area contributed by atoms with Gasteiger partial charge in [-0.3, -0.25) is 0 Å². The van der Waals surface area contributed by atoms with E-state index in [4.69, 9.17) is 4.74 Å². The highest BCUT2D eigenvalue weighted by Gasteiger charge is 2.18. The fourth-order valence-electron chi connectivity index (χ4n) is 2.22. The normalized spacial score (nSPS) is 20.0. The maximum Gasteiger partial charge on any atom is 0.337 e. The number of esters is 1. The largest absolute Gasteiger partial charge is 0.465 e. The summed E-state index contributed by atoms with van der Waals surface area (Å²) < 4.78 is 5.87. The van der Waals surface area contributed by atoms with Crippen molar-refractivity contribution in [2.75, 3.05) is 20.2 Å². The van der Waals surface area contributed by atoms with Crippen LogP contribution in [0, 0.1) is 3.57 Å². The second kappa shape index (κ2) is 5.82. The molecule has 1 atom stereocenters. The lowest BCUT2D eigenvalue weighted by atomic mass is 9.91. The number of ether oxygens (including phenoxy) is 1. The summed E-state index contributed by atoms with van der Waals surface area (Å²) in [5.41, 5.74) is 1.97. The van der Waals surface area contributed by atoms with Crippen LogP contribution in [0.1, 0.15) is 34.7 Å². The van der Waals surface area contributed by atoms with E-state index in [1.165, 1.54) is 25.5 Å². The van der Waals surface area contributed by atoms with Gasteiger partial charge in [0.15, 0.2) is 0 Å². The minimum absolute atomic E-state index is 0.267. The van der Waals surface area contributed by atoms with Crippen LogP contribution >= 0.6 is 22.6 Å². The first-order valence-electron chi connectivity index (χ1n) is 5.81. The number of carbonyl (C=O) groups is 1. The first-order valence-corrected chi connectivity index (χ1v) is 6.88. The maximum atomic E-state index is 11.4. The zero-order valence-corrected chi connectivity index (χ0v) is 12.0. The molecule has 17 heavy (non-hydrogen) atoms. The zero-order valence-electron chi connectivity index (χ0n) is 9.83. The molecule has 0 amide bonds. The highest BCUT2D eigenvalue weighted by atomic mass is 127. The highest BCUT2D eigenvalue weighted by molar-refractivity contribution is 14.1. The third kappa shape index (κ3) is 2.98. The molecule has 0 bridgehead atoms. The van der Waals surface area contributed by atoms with E-state index in [-0.39, 0.29) is 5.97 Å². The number of rotatable bonds is 2. The topological polar surface area (TPSA) is 38.3 Å². The summed E-state index contributed by atoms with van der Waals surface area (Å²) in [5, 5.41) is 3.41. The van der Waals surface area contributed by atoms with E-state index in [1.54, 1.807) is 0 Å². The van der Waals surface area contributed by atoms with Crippen LogP contribution in [-0.2, 0) is 4.74 Å². The Bertz CT molecular complexity index is 414. The van der Waals surface area contributed by atoms with Crippen molar-refractivity contribution in [3.63, 3.8) is 0 Å². The number of halogens is 1. The van der Waals surface area contributed by atoms with Gasteiger partial charge in [-0.15, -0.1) is 0 Å². The van der Waals surface area contributed by atoms with Crippen molar-refractivity contribution in [1.29, 1.82) is 0 Å². The Hall–Kier alpha value is -0.620. The minimum Gasteiger partial charge on any atom is -0.465 e. The summed E-state index contributed by atoms with van der Waals surface area (Å²) >= 11 is 2.30. The van der Waals surface area contributed by atoms with E-state index in [9.17, 15) is 4.79 Å². The predicted molar refractivity (Wildman–Crippen MR) is 75.3 cm³/mol. The van der Waals surface area contributed by atoms with Crippen LogP contribution in [0.25, 0.3) is 0 Å². The van der Waals surface area contributed by atoms with Crippen LogP contribution in [0.15, 0.2) is 18.2 Å². The van der Waals surface area contributed by atoms with Crippen LogP contribution in [0.4, 0.5) is 0 Å². The molecule has 1 aliphatic rings. The standard InChI is InChI=1S/C13H16INO2/c1-17-13(16)9-4-5-11(12(14)7-9)10-3-2-6-15-8-10/h4-5,7,10,15H,2-3,6,8H2,1H3/t10-/m0/s1. The molecule has 1 aromatic rings. The molecule has 4 heteroatoms. The lowest BCUT2D eigenvalue weighted by molar-refractivity contribution is 0.0600. The molecule has 0 aromatic heterocycles. The van der Waals surface area contributed by atoms with Crippen LogP contribution in [0.5, 0.6) is 0 Å². The number of hydrogen-bond acceptors (Lipinski definition) is 3. The first-order chi connectivity index (χ1) is 8.22.